The number of ether oxygens (including phenoxy) is 1. The number of carboxylic acids is 1. The normalized spacial score (nSPS) is 12.8. The molecule has 57 heavy (non-hydrogen) atoms. The van der Waals surface area contributed by atoms with Crippen LogP contribution in [0.4, 0.5) is 0 Å². The molecule has 0 aromatic carbocycles. The van der Waals surface area contributed by atoms with Gasteiger partial charge in [0.1, 0.15) is 12.1 Å². The van der Waals surface area contributed by atoms with Gasteiger partial charge < -0.3 is 25.6 Å². The summed E-state index contributed by atoms with van der Waals surface area (Å²) in [5.41, 5.74) is 0. The lowest BCUT2D eigenvalue weighted by Crippen LogP contribution is -2.47. The van der Waals surface area contributed by atoms with Crippen LogP contribution in [0.1, 0.15) is 219 Å². The molecule has 0 aromatic rings. The van der Waals surface area contributed by atoms with Crippen LogP contribution in [-0.4, -0.2) is 59.3 Å². The number of amides is 2. The van der Waals surface area contributed by atoms with E-state index < -0.39 is 24.5 Å². The molecule has 0 saturated carbocycles. The first-order chi connectivity index (χ1) is 27.8. The number of aliphatic carboxylic acids is 1. The van der Waals surface area contributed by atoms with Crippen molar-refractivity contribution in [2.75, 3.05) is 13.2 Å². The molecule has 0 aliphatic heterocycles. The van der Waals surface area contributed by atoms with Gasteiger partial charge in [-0.2, -0.15) is 0 Å². The fraction of sp³-hybridized carbons (Fsp3) is 0.792. The van der Waals surface area contributed by atoms with Gasteiger partial charge in [0.05, 0.1) is 13.2 Å². The fourth-order valence-electron chi connectivity index (χ4n) is 6.71. The van der Waals surface area contributed by atoms with Gasteiger partial charge >= 0.3 is 11.9 Å². The van der Waals surface area contributed by atoms with Gasteiger partial charge in [-0.1, -0.05) is 166 Å². The van der Waals surface area contributed by atoms with Gasteiger partial charge in [-0.15, -0.1) is 0 Å². The van der Waals surface area contributed by atoms with Crippen molar-refractivity contribution in [1.82, 2.24) is 10.6 Å². The average Bonchev–Trinajstić information content (AvgIpc) is 3.20. The molecular formula is C48H86N2O7. The van der Waals surface area contributed by atoms with Crippen molar-refractivity contribution < 1.29 is 34.1 Å². The lowest BCUT2D eigenvalue weighted by molar-refractivity contribution is -0.147. The van der Waals surface area contributed by atoms with Crippen LogP contribution in [0.15, 0.2) is 36.5 Å². The van der Waals surface area contributed by atoms with Crippen LogP contribution in [0.5, 0.6) is 0 Å². The summed E-state index contributed by atoms with van der Waals surface area (Å²) in [4.78, 5) is 47.5. The second kappa shape index (κ2) is 42.7. The molecule has 2 unspecified atom stereocenters. The molecule has 0 bridgehead atoms. The molecule has 0 aliphatic rings. The summed E-state index contributed by atoms with van der Waals surface area (Å²) >= 11 is 0. The fourth-order valence-corrected chi connectivity index (χ4v) is 6.71. The first-order valence-corrected chi connectivity index (χ1v) is 23.4. The zero-order valence-electron chi connectivity index (χ0n) is 36.6. The second-order valence-electron chi connectivity index (χ2n) is 15.8. The highest BCUT2D eigenvalue weighted by molar-refractivity contribution is 5.87. The Bertz CT molecular complexity index is 1060. The topological polar surface area (TPSA) is 142 Å². The Hall–Kier alpha value is -2.94. The van der Waals surface area contributed by atoms with Gasteiger partial charge in [0.25, 0.3) is 0 Å². The number of carbonyl (C=O) groups excluding carboxylic acids is 3. The molecule has 0 saturated heterocycles. The maximum absolute atomic E-state index is 12.8. The molecule has 330 valence electrons. The number of allylic oxidation sites excluding steroid dienone is 5. The quantitative estimate of drug-likeness (QED) is 0.0273. The molecule has 0 radical (unpaired) electrons. The molecule has 0 aliphatic carbocycles. The van der Waals surface area contributed by atoms with Gasteiger partial charge in [-0.05, 0) is 76.7 Å². The smallest absolute Gasteiger partial charge is 0.328 e. The summed E-state index contributed by atoms with van der Waals surface area (Å²) in [6.45, 7) is 3.46. The van der Waals surface area contributed by atoms with E-state index in [1.807, 2.05) is 0 Å². The first kappa shape index (κ1) is 54.1. The highest BCUT2D eigenvalue weighted by atomic mass is 16.5. The van der Waals surface area contributed by atoms with Crippen LogP contribution in [0.2, 0.25) is 0 Å². The number of nitrogens with one attached hydrogen (secondary N) is 2. The molecule has 0 aromatic heterocycles. The van der Waals surface area contributed by atoms with E-state index in [0.717, 1.165) is 64.2 Å². The third-order valence-corrected chi connectivity index (χ3v) is 10.3. The van der Waals surface area contributed by atoms with Crippen LogP contribution in [-0.2, 0) is 23.9 Å². The third-order valence-electron chi connectivity index (χ3n) is 10.3. The van der Waals surface area contributed by atoms with E-state index in [1.165, 1.54) is 122 Å². The molecule has 9 nitrogen and oxygen atoms in total. The van der Waals surface area contributed by atoms with Crippen molar-refractivity contribution in [1.29, 1.82) is 0 Å². The van der Waals surface area contributed by atoms with Gasteiger partial charge in [0, 0.05) is 12.8 Å². The van der Waals surface area contributed by atoms with E-state index in [1.54, 1.807) is 0 Å². The predicted octanol–water partition coefficient (Wildman–Crippen LogP) is 11.8. The third kappa shape index (κ3) is 39.7. The lowest BCUT2D eigenvalue weighted by Gasteiger charge is -2.15. The van der Waals surface area contributed by atoms with Crippen LogP contribution >= 0.6 is 0 Å². The summed E-state index contributed by atoms with van der Waals surface area (Å²) in [5, 5.41) is 22.5. The first-order valence-electron chi connectivity index (χ1n) is 23.4. The molecule has 0 heterocycles. The minimum absolute atomic E-state index is 0.0801. The highest BCUT2D eigenvalue weighted by Crippen LogP contribution is 2.16. The SMILES string of the molecule is CCCCC/C=C\C/C=C\CCCCCCCCCCCC(=O)OC(/C=C\CCCCCCCCC)CCCCCCCCC(=O)NCC(=O)NC(CO)C(=O)O. The van der Waals surface area contributed by atoms with Crippen LogP contribution in [0, 0.1) is 0 Å². The number of hydrogen-bond acceptors (Lipinski definition) is 6. The zero-order chi connectivity index (χ0) is 41.9. The van der Waals surface area contributed by atoms with Crippen molar-refractivity contribution in [3.8, 4) is 0 Å². The van der Waals surface area contributed by atoms with E-state index in [-0.39, 0.29) is 24.5 Å². The Kier molecular flexibility index (Phi) is 40.5. The molecule has 4 N–H and O–H groups in total. The van der Waals surface area contributed by atoms with Crippen LogP contribution < -0.4 is 10.6 Å². The summed E-state index contributed by atoms with van der Waals surface area (Å²) in [6, 6.07) is -1.38. The molecule has 2 atom stereocenters. The number of rotatable bonds is 42. The Morgan fingerprint density at radius 2 is 1.00 bits per heavy atom. The molecule has 0 spiro atoms. The van der Waals surface area contributed by atoms with Gasteiger partial charge in [0.15, 0.2) is 0 Å². The molecule has 2 amide bonds. The monoisotopic (exact) mass is 803 g/mol. The van der Waals surface area contributed by atoms with Crippen molar-refractivity contribution in [3.63, 3.8) is 0 Å². The van der Waals surface area contributed by atoms with Crippen molar-refractivity contribution >= 4 is 23.8 Å². The van der Waals surface area contributed by atoms with Crippen LogP contribution in [0.3, 0.4) is 0 Å². The van der Waals surface area contributed by atoms with Crippen LogP contribution in [0.25, 0.3) is 0 Å². The molecule has 0 fully saturated rings. The Labute approximate surface area is 348 Å². The Morgan fingerprint density at radius 3 is 1.54 bits per heavy atom. The number of carboxylic acid groups (broad SMARTS) is 1. The summed E-state index contributed by atoms with van der Waals surface area (Å²) in [5.74, 6) is -2.32. The zero-order valence-corrected chi connectivity index (χ0v) is 36.6. The minimum atomic E-state index is -1.38. The second-order valence-corrected chi connectivity index (χ2v) is 15.8. The maximum atomic E-state index is 12.8. The van der Waals surface area contributed by atoms with Gasteiger partial charge in [-0.3, -0.25) is 14.4 Å². The van der Waals surface area contributed by atoms with E-state index in [4.69, 9.17) is 14.9 Å². The number of esters is 1. The number of carbonyl (C=O) groups is 4. The summed E-state index contributed by atoms with van der Waals surface area (Å²) in [7, 11) is 0. The molecular weight excluding hydrogens is 717 g/mol. The summed E-state index contributed by atoms with van der Waals surface area (Å²) < 4.78 is 5.96. The van der Waals surface area contributed by atoms with Crippen molar-refractivity contribution in [3.05, 3.63) is 36.5 Å². The van der Waals surface area contributed by atoms with Crippen molar-refractivity contribution in [2.45, 2.75) is 231 Å². The predicted molar refractivity (Wildman–Crippen MR) is 236 cm³/mol. The average molecular weight is 803 g/mol. The lowest BCUT2D eigenvalue weighted by atomic mass is 10.0. The van der Waals surface area contributed by atoms with E-state index in [0.29, 0.717) is 19.3 Å². The van der Waals surface area contributed by atoms with Crippen molar-refractivity contribution in [2.24, 2.45) is 0 Å². The Balaban J connectivity index is 4.21. The van der Waals surface area contributed by atoms with Gasteiger partial charge in [0.2, 0.25) is 11.8 Å². The number of hydrogen-bond donors (Lipinski definition) is 4. The van der Waals surface area contributed by atoms with Gasteiger partial charge in [-0.25, -0.2) is 4.79 Å². The standard InChI is InChI=1S/C48H86N2O7/c1-3-5-7-9-11-13-14-15-16-17-18-19-20-21-22-24-26-32-36-40-47(54)57-43(37-33-29-25-23-12-10-8-6-4-2)38-34-30-27-28-31-35-39-45(52)49-41-46(53)50-44(42-51)48(55)56/h11,13,15-16,33,37,43-44,51H,3-10,12,14,17-32,34-36,38-42H2,1-2H3,(H,49,52)(H,50,53)(H,55,56)/b13-11-,16-15-,37-33-. The maximum Gasteiger partial charge on any atom is 0.328 e. The highest BCUT2D eigenvalue weighted by Gasteiger charge is 2.18. The number of aliphatic hydroxyl groups is 1. The molecule has 9 heteroatoms. The molecule has 0 rings (SSSR count). The number of aliphatic hydroxyl groups excluding tert-OH is 1. The Morgan fingerprint density at radius 1 is 0.544 bits per heavy atom. The van der Waals surface area contributed by atoms with E-state index >= 15 is 0 Å². The van der Waals surface area contributed by atoms with E-state index in [9.17, 15) is 19.2 Å². The minimum Gasteiger partial charge on any atom is -0.480 e. The largest absolute Gasteiger partial charge is 0.480 e. The van der Waals surface area contributed by atoms with E-state index in [2.05, 4.69) is 60.9 Å². The summed E-state index contributed by atoms with van der Waals surface area (Å²) in [6.07, 6.45) is 49.1. The number of unbranched alkanes of at least 4 members (excludes halogenated alkanes) is 24.